The van der Waals surface area contributed by atoms with E-state index in [-0.39, 0.29) is 24.7 Å². The van der Waals surface area contributed by atoms with Crippen LogP contribution in [0.3, 0.4) is 0 Å². The minimum absolute atomic E-state index is 0.0638. The number of thiazole rings is 1. The van der Waals surface area contributed by atoms with Gasteiger partial charge in [-0.25, -0.2) is 4.98 Å². The number of amides is 2. The highest BCUT2D eigenvalue weighted by molar-refractivity contribution is 7.18. The van der Waals surface area contributed by atoms with Crippen LogP contribution in [0, 0.1) is 0 Å². The van der Waals surface area contributed by atoms with E-state index < -0.39 is 18.1 Å². The zero-order valence-electron chi connectivity index (χ0n) is 22.0. The molecule has 0 radical (unpaired) electrons. The quantitative estimate of drug-likeness (QED) is 0.143. The van der Waals surface area contributed by atoms with Gasteiger partial charge in [-0.2, -0.15) is 0 Å². The van der Waals surface area contributed by atoms with E-state index in [1.807, 2.05) is 54.6 Å². The number of para-hydroxylation sites is 1. The van der Waals surface area contributed by atoms with Crippen LogP contribution >= 0.6 is 34.5 Å². The van der Waals surface area contributed by atoms with E-state index in [1.54, 1.807) is 41.3 Å². The summed E-state index contributed by atoms with van der Waals surface area (Å²) in [4.78, 5) is 45.6. The summed E-state index contributed by atoms with van der Waals surface area (Å²) in [5.74, 6) is -0.880. The number of rotatable bonds is 9. The number of Topliss-reactive ketones (excluding diaryl/α,β-unsaturated/α-hetero) is 1. The van der Waals surface area contributed by atoms with Crippen molar-refractivity contribution in [3.8, 4) is 0 Å². The lowest BCUT2D eigenvalue weighted by Crippen LogP contribution is -2.36. The highest BCUT2D eigenvalue weighted by atomic mass is 35.5. The van der Waals surface area contributed by atoms with Crippen LogP contribution in [-0.4, -0.2) is 34.8 Å². The second kappa shape index (κ2) is 12.0. The predicted molar refractivity (Wildman–Crippen MR) is 165 cm³/mol. The molecule has 5 aromatic rings. The van der Waals surface area contributed by atoms with Crippen LogP contribution in [0.4, 0.5) is 11.4 Å². The number of hydrogen-bond donors (Lipinski definition) is 1. The zero-order chi connectivity index (χ0) is 29.2. The van der Waals surface area contributed by atoms with Crippen molar-refractivity contribution in [3.05, 3.63) is 123 Å². The fourth-order valence-corrected chi connectivity index (χ4v) is 5.83. The zero-order valence-corrected chi connectivity index (χ0v) is 24.3. The van der Waals surface area contributed by atoms with Crippen molar-refractivity contribution in [1.82, 2.24) is 4.98 Å². The molecule has 1 aliphatic heterocycles. The fourth-order valence-electron chi connectivity index (χ4n) is 4.57. The molecule has 0 bridgehead atoms. The van der Waals surface area contributed by atoms with Crippen molar-refractivity contribution < 1.29 is 19.1 Å². The van der Waals surface area contributed by atoms with Gasteiger partial charge in [-0.15, -0.1) is 11.3 Å². The third-order valence-corrected chi connectivity index (χ3v) is 8.56. The van der Waals surface area contributed by atoms with Gasteiger partial charge in [0.2, 0.25) is 0 Å². The largest absolute Gasteiger partial charge is 0.349 e. The first-order valence-corrected chi connectivity index (χ1v) is 14.7. The molecule has 1 saturated heterocycles. The maximum atomic E-state index is 13.6. The van der Waals surface area contributed by atoms with Gasteiger partial charge in [-0.1, -0.05) is 65.7 Å². The molecule has 0 saturated carbocycles. The van der Waals surface area contributed by atoms with Crippen LogP contribution in [0.25, 0.3) is 10.2 Å². The van der Waals surface area contributed by atoms with Crippen LogP contribution in [0.2, 0.25) is 10.0 Å². The molecule has 1 N–H and O–H groups in total. The SMILES string of the molecule is O=C(Cc1nc2ccccc2s1)c1ccc(N(Cc2ccccc2)C(=O)[C@H]2O[C@@H]2C(=O)Nc2ccc(Cl)c(Cl)c2)cc1. The summed E-state index contributed by atoms with van der Waals surface area (Å²) in [5, 5.41) is 4.13. The first-order chi connectivity index (χ1) is 20.4. The smallest absolute Gasteiger partial charge is 0.259 e. The predicted octanol–water partition coefficient (Wildman–Crippen LogP) is 6.97. The summed E-state index contributed by atoms with van der Waals surface area (Å²) in [6, 6.07) is 28.9. The van der Waals surface area contributed by atoms with E-state index >= 15 is 0 Å². The Morgan fingerprint density at radius 3 is 2.33 bits per heavy atom. The molecule has 0 aliphatic carbocycles. The lowest BCUT2D eigenvalue weighted by Gasteiger charge is -2.22. The van der Waals surface area contributed by atoms with Crippen molar-refractivity contribution in [2.24, 2.45) is 0 Å². The van der Waals surface area contributed by atoms with Gasteiger partial charge in [-0.3, -0.25) is 14.4 Å². The molecule has 42 heavy (non-hydrogen) atoms. The Morgan fingerprint density at radius 2 is 1.60 bits per heavy atom. The third-order valence-electron chi connectivity index (χ3n) is 6.78. The Morgan fingerprint density at radius 1 is 0.857 bits per heavy atom. The number of hydrogen-bond acceptors (Lipinski definition) is 6. The highest BCUT2D eigenvalue weighted by Crippen LogP contribution is 2.31. The number of aromatic nitrogens is 1. The highest BCUT2D eigenvalue weighted by Gasteiger charge is 2.52. The van der Waals surface area contributed by atoms with Gasteiger partial charge in [0.25, 0.3) is 11.8 Å². The molecule has 1 aliphatic rings. The molecular formula is C32H23Cl2N3O4S. The van der Waals surface area contributed by atoms with E-state index in [1.165, 1.54) is 17.4 Å². The number of epoxide rings is 1. The standard InChI is InChI=1S/C32H23Cl2N3O4S/c33-23-15-12-21(16-24(23)34)35-31(39)29-30(41-29)32(40)37(18-19-6-2-1-3-7-19)22-13-10-20(11-14-22)26(38)17-28-36-25-8-4-5-9-27(25)42-28/h1-16,29-30H,17-18H2,(H,35,39)/t29-,30-/m0/s1. The second-order valence-electron chi connectivity index (χ2n) is 9.73. The number of fused-ring (bicyclic) bond motifs is 1. The summed E-state index contributed by atoms with van der Waals surface area (Å²) in [7, 11) is 0. The number of nitrogens with zero attached hydrogens (tertiary/aromatic N) is 2. The number of benzene rings is 4. The first-order valence-electron chi connectivity index (χ1n) is 13.1. The molecule has 210 valence electrons. The molecule has 4 aromatic carbocycles. The molecule has 2 heterocycles. The number of ketones is 1. The summed E-state index contributed by atoms with van der Waals surface area (Å²) < 4.78 is 6.58. The summed E-state index contributed by atoms with van der Waals surface area (Å²) in [6.07, 6.45) is -1.70. The van der Waals surface area contributed by atoms with Crippen LogP contribution in [0.1, 0.15) is 20.9 Å². The number of halogens is 2. The molecular weight excluding hydrogens is 593 g/mol. The Hall–Kier alpha value is -4.08. The Balaban J connectivity index is 1.17. The Labute approximate surface area is 255 Å². The van der Waals surface area contributed by atoms with Gasteiger partial charge in [0.15, 0.2) is 18.0 Å². The van der Waals surface area contributed by atoms with Gasteiger partial charge < -0.3 is 15.0 Å². The number of nitrogens with one attached hydrogen (secondary N) is 1. The van der Waals surface area contributed by atoms with E-state index in [0.29, 0.717) is 27.0 Å². The van der Waals surface area contributed by atoms with Crippen molar-refractivity contribution in [3.63, 3.8) is 0 Å². The van der Waals surface area contributed by atoms with Crippen molar-refractivity contribution in [1.29, 1.82) is 0 Å². The minimum atomic E-state index is -0.947. The van der Waals surface area contributed by atoms with E-state index in [0.717, 1.165) is 20.8 Å². The van der Waals surface area contributed by atoms with Crippen molar-refractivity contribution in [2.75, 3.05) is 10.2 Å². The molecule has 0 spiro atoms. The number of ether oxygens (including phenoxy) is 1. The molecule has 7 nitrogen and oxygen atoms in total. The van der Waals surface area contributed by atoms with Gasteiger partial charge in [-0.05, 0) is 60.2 Å². The molecule has 6 rings (SSSR count). The molecule has 2 atom stereocenters. The monoisotopic (exact) mass is 615 g/mol. The van der Waals surface area contributed by atoms with Crippen LogP contribution in [0.5, 0.6) is 0 Å². The topological polar surface area (TPSA) is 91.9 Å². The fraction of sp³-hybridized carbons (Fsp3) is 0.125. The van der Waals surface area contributed by atoms with Crippen molar-refractivity contribution in [2.45, 2.75) is 25.2 Å². The van der Waals surface area contributed by atoms with Gasteiger partial charge in [0.05, 0.1) is 33.2 Å². The maximum absolute atomic E-state index is 13.6. The Bertz CT molecular complexity index is 1760. The Kier molecular flexibility index (Phi) is 8.04. The average molecular weight is 617 g/mol. The molecule has 2 amide bonds. The number of carbonyl (C=O) groups is 3. The van der Waals surface area contributed by atoms with E-state index in [4.69, 9.17) is 27.9 Å². The van der Waals surface area contributed by atoms with Crippen molar-refractivity contribution >= 4 is 73.7 Å². The molecule has 1 aromatic heterocycles. The number of carbonyl (C=O) groups excluding carboxylic acids is 3. The summed E-state index contributed by atoms with van der Waals surface area (Å²) >= 11 is 13.5. The lowest BCUT2D eigenvalue weighted by molar-refractivity contribution is -0.120. The lowest BCUT2D eigenvalue weighted by atomic mass is 10.1. The summed E-state index contributed by atoms with van der Waals surface area (Å²) in [5.41, 5.74) is 3.33. The first kappa shape index (κ1) is 28.1. The second-order valence-corrected chi connectivity index (χ2v) is 11.7. The van der Waals surface area contributed by atoms with Crippen LogP contribution in [0.15, 0.2) is 97.1 Å². The third kappa shape index (κ3) is 6.22. The van der Waals surface area contributed by atoms with Gasteiger partial charge >= 0.3 is 0 Å². The molecule has 1 fully saturated rings. The van der Waals surface area contributed by atoms with E-state index in [2.05, 4.69) is 10.3 Å². The number of anilines is 2. The average Bonchev–Trinajstić information content (AvgIpc) is 3.71. The normalized spacial score (nSPS) is 15.8. The maximum Gasteiger partial charge on any atom is 0.259 e. The van der Waals surface area contributed by atoms with E-state index in [9.17, 15) is 14.4 Å². The van der Waals surface area contributed by atoms with Gasteiger partial charge in [0.1, 0.15) is 5.01 Å². The molecule has 0 unspecified atom stereocenters. The van der Waals surface area contributed by atoms with Gasteiger partial charge in [0, 0.05) is 16.9 Å². The minimum Gasteiger partial charge on any atom is -0.349 e. The molecule has 10 heteroatoms. The van der Waals surface area contributed by atoms with Crippen LogP contribution < -0.4 is 10.2 Å². The van der Waals surface area contributed by atoms with Crippen LogP contribution in [-0.2, 0) is 27.3 Å². The summed E-state index contributed by atoms with van der Waals surface area (Å²) in [6.45, 7) is 0.264.